The lowest BCUT2D eigenvalue weighted by Gasteiger charge is -2.45. The predicted molar refractivity (Wildman–Crippen MR) is 99.6 cm³/mol. The molecule has 146 valence electrons. The van der Waals surface area contributed by atoms with E-state index in [4.69, 9.17) is 10.7 Å². The predicted octanol–water partition coefficient (Wildman–Crippen LogP) is 4.11. The highest BCUT2D eigenvalue weighted by atomic mass is 19.2. The van der Waals surface area contributed by atoms with Crippen molar-refractivity contribution >= 4 is 0 Å². The molecule has 0 amide bonds. The lowest BCUT2D eigenvalue weighted by atomic mass is 9.97. The van der Waals surface area contributed by atoms with Crippen LogP contribution < -0.4 is 5.73 Å². The van der Waals surface area contributed by atoms with Crippen molar-refractivity contribution in [1.29, 1.82) is 0 Å². The van der Waals surface area contributed by atoms with E-state index in [0.29, 0.717) is 31.4 Å². The maximum Gasteiger partial charge on any atom is 0.161 e. The van der Waals surface area contributed by atoms with Crippen LogP contribution in [0.25, 0.3) is 11.3 Å². The summed E-state index contributed by atoms with van der Waals surface area (Å²) in [7, 11) is 0. The molecule has 0 aliphatic carbocycles. The number of hydrogen-bond acceptors (Lipinski definition) is 3. The van der Waals surface area contributed by atoms with E-state index >= 15 is 0 Å². The van der Waals surface area contributed by atoms with E-state index in [1.54, 1.807) is 0 Å². The molecule has 1 aromatic carbocycles. The van der Waals surface area contributed by atoms with E-state index in [9.17, 15) is 13.2 Å². The van der Waals surface area contributed by atoms with Crippen molar-refractivity contribution in [3.8, 4) is 11.3 Å². The summed E-state index contributed by atoms with van der Waals surface area (Å²) in [6.07, 6.45) is 0. The molecular formula is C20H25F3N4. The van der Waals surface area contributed by atoms with Crippen LogP contribution in [-0.2, 0) is 12.1 Å². The smallest absolute Gasteiger partial charge is 0.161 e. The van der Waals surface area contributed by atoms with Gasteiger partial charge in [-0.3, -0.25) is 0 Å². The van der Waals surface area contributed by atoms with E-state index in [1.807, 2.05) is 27.7 Å². The number of hydrogen-bond donors (Lipinski definition) is 1. The third kappa shape index (κ3) is 3.04. The molecule has 0 saturated carbocycles. The summed E-state index contributed by atoms with van der Waals surface area (Å²) in [5, 5.41) is 0. The third-order valence-corrected chi connectivity index (χ3v) is 5.21. The quantitative estimate of drug-likeness (QED) is 0.815. The molecule has 0 spiro atoms. The summed E-state index contributed by atoms with van der Waals surface area (Å²) in [4.78, 5) is 6.79. The minimum Gasteiger partial charge on any atom is -0.360 e. The number of aromatic nitrogens is 2. The Morgan fingerprint density at radius 1 is 1.19 bits per heavy atom. The topological polar surface area (TPSA) is 47.1 Å². The van der Waals surface area contributed by atoms with Gasteiger partial charge in [-0.05, 0) is 25.8 Å². The third-order valence-electron chi connectivity index (χ3n) is 5.21. The van der Waals surface area contributed by atoms with Crippen molar-refractivity contribution in [2.45, 2.75) is 45.7 Å². The Morgan fingerprint density at radius 2 is 1.81 bits per heavy atom. The molecule has 2 heterocycles. The second kappa shape index (κ2) is 6.71. The fourth-order valence-corrected chi connectivity index (χ4v) is 3.91. The van der Waals surface area contributed by atoms with Crippen molar-refractivity contribution in [3.63, 3.8) is 0 Å². The molecule has 2 aromatic rings. The monoisotopic (exact) mass is 378 g/mol. The molecule has 27 heavy (non-hydrogen) atoms. The van der Waals surface area contributed by atoms with Gasteiger partial charge in [0, 0.05) is 42.7 Å². The van der Waals surface area contributed by atoms with E-state index < -0.39 is 23.0 Å². The number of nitrogens with two attached hydrogens (primary N) is 1. The van der Waals surface area contributed by atoms with E-state index in [-0.39, 0.29) is 11.5 Å². The number of rotatable bonds is 4. The van der Waals surface area contributed by atoms with E-state index in [0.717, 1.165) is 23.3 Å². The van der Waals surface area contributed by atoms with Gasteiger partial charge in [0.05, 0.1) is 11.2 Å². The Kier molecular flexibility index (Phi) is 4.84. The molecule has 0 atom stereocenters. The van der Waals surface area contributed by atoms with Gasteiger partial charge in [-0.2, -0.15) is 0 Å². The summed E-state index contributed by atoms with van der Waals surface area (Å²) >= 11 is 0. The average Bonchev–Trinajstić information content (AvgIpc) is 2.98. The molecule has 7 heteroatoms. The van der Waals surface area contributed by atoms with Gasteiger partial charge in [0.1, 0.15) is 11.6 Å². The standard InChI is InChI=1S/C20H25F3N4/c1-11(2)18-17(13-8-15(22)16(23)9-14(13)21)25-19-20(4,5)27(12(3)10-24)7-6-26(18)19/h8-9,11H,3,6-7,10,24H2,1-2,4-5H3. The van der Waals surface area contributed by atoms with Crippen LogP contribution in [0.2, 0.25) is 0 Å². The highest BCUT2D eigenvalue weighted by Gasteiger charge is 2.40. The number of fused-ring (bicyclic) bond motifs is 1. The Labute approximate surface area is 157 Å². The van der Waals surface area contributed by atoms with Crippen LogP contribution in [0.3, 0.4) is 0 Å². The van der Waals surface area contributed by atoms with Gasteiger partial charge in [-0.15, -0.1) is 0 Å². The average molecular weight is 378 g/mol. The zero-order valence-corrected chi connectivity index (χ0v) is 16.1. The second-order valence-corrected chi connectivity index (χ2v) is 7.70. The van der Waals surface area contributed by atoms with E-state index in [2.05, 4.69) is 16.0 Å². The van der Waals surface area contributed by atoms with Crippen molar-refractivity contribution in [1.82, 2.24) is 14.5 Å². The van der Waals surface area contributed by atoms with Gasteiger partial charge in [0.2, 0.25) is 0 Å². The minimum atomic E-state index is -1.21. The van der Waals surface area contributed by atoms with Gasteiger partial charge in [0.25, 0.3) is 0 Å². The lowest BCUT2D eigenvalue weighted by molar-refractivity contribution is 0.116. The molecule has 0 bridgehead atoms. The first-order valence-electron chi connectivity index (χ1n) is 9.00. The van der Waals surface area contributed by atoms with Crippen molar-refractivity contribution in [3.05, 3.63) is 53.4 Å². The molecule has 2 N–H and O–H groups in total. The zero-order chi connectivity index (χ0) is 20.1. The molecule has 1 aliphatic heterocycles. The summed E-state index contributed by atoms with van der Waals surface area (Å²) in [6, 6.07) is 1.45. The number of benzene rings is 1. The van der Waals surface area contributed by atoms with Gasteiger partial charge < -0.3 is 15.2 Å². The first kappa shape index (κ1) is 19.5. The highest BCUT2D eigenvalue weighted by molar-refractivity contribution is 5.64. The first-order valence-corrected chi connectivity index (χ1v) is 9.00. The Hall–Kier alpha value is -2.28. The summed E-state index contributed by atoms with van der Waals surface area (Å²) in [5.74, 6) is -2.38. The van der Waals surface area contributed by atoms with Crippen molar-refractivity contribution in [2.75, 3.05) is 13.1 Å². The zero-order valence-electron chi connectivity index (χ0n) is 16.1. The number of nitrogens with zero attached hydrogens (tertiary/aromatic N) is 3. The van der Waals surface area contributed by atoms with Crippen LogP contribution in [0.1, 0.15) is 45.1 Å². The number of halogens is 3. The van der Waals surface area contributed by atoms with Crippen molar-refractivity contribution < 1.29 is 13.2 Å². The van der Waals surface area contributed by atoms with Gasteiger partial charge in [-0.25, -0.2) is 18.2 Å². The second-order valence-electron chi connectivity index (χ2n) is 7.70. The molecule has 0 saturated heterocycles. The fraction of sp³-hybridized carbons (Fsp3) is 0.450. The van der Waals surface area contributed by atoms with Gasteiger partial charge in [0.15, 0.2) is 11.6 Å². The van der Waals surface area contributed by atoms with Crippen LogP contribution in [0.4, 0.5) is 13.2 Å². The molecule has 4 nitrogen and oxygen atoms in total. The van der Waals surface area contributed by atoms with Crippen LogP contribution in [0.5, 0.6) is 0 Å². The highest BCUT2D eigenvalue weighted by Crippen LogP contribution is 2.40. The molecule has 3 rings (SSSR count). The molecular weight excluding hydrogens is 353 g/mol. The van der Waals surface area contributed by atoms with Crippen molar-refractivity contribution in [2.24, 2.45) is 5.73 Å². The molecule has 1 aliphatic rings. The minimum absolute atomic E-state index is 0.0221. The maximum absolute atomic E-state index is 14.5. The lowest BCUT2D eigenvalue weighted by Crippen LogP contribution is -2.49. The molecule has 1 aromatic heterocycles. The summed E-state index contributed by atoms with van der Waals surface area (Å²) < 4.78 is 43.7. The summed E-state index contributed by atoms with van der Waals surface area (Å²) in [5.41, 5.74) is 7.17. The summed E-state index contributed by atoms with van der Waals surface area (Å²) in [6.45, 7) is 13.6. The SMILES string of the molecule is C=C(CN)N1CCn2c(nc(-c3cc(F)c(F)cc3F)c2C(C)C)C1(C)C. The van der Waals surface area contributed by atoms with Gasteiger partial charge >= 0.3 is 0 Å². The maximum atomic E-state index is 14.5. The van der Waals surface area contributed by atoms with Crippen LogP contribution >= 0.6 is 0 Å². The molecule has 0 radical (unpaired) electrons. The van der Waals surface area contributed by atoms with Crippen LogP contribution in [0, 0.1) is 17.5 Å². The Morgan fingerprint density at radius 3 is 2.41 bits per heavy atom. The molecule has 0 unspecified atom stereocenters. The molecule has 0 fully saturated rings. The van der Waals surface area contributed by atoms with Crippen LogP contribution in [-0.4, -0.2) is 27.5 Å². The normalized spacial score (nSPS) is 16.0. The Balaban J connectivity index is 2.24. The van der Waals surface area contributed by atoms with E-state index in [1.165, 1.54) is 0 Å². The first-order chi connectivity index (χ1) is 12.6. The Bertz CT molecular complexity index is 899. The van der Waals surface area contributed by atoms with Crippen LogP contribution in [0.15, 0.2) is 24.4 Å². The number of imidazole rings is 1. The largest absolute Gasteiger partial charge is 0.360 e. The fourth-order valence-electron chi connectivity index (χ4n) is 3.91. The van der Waals surface area contributed by atoms with Gasteiger partial charge in [-0.1, -0.05) is 20.4 Å².